The van der Waals surface area contributed by atoms with E-state index in [9.17, 15) is 0 Å². The van der Waals surface area contributed by atoms with E-state index in [1.54, 1.807) is 0 Å². The van der Waals surface area contributed by atoms with Crippen molar-refractivity contribution < 1.29 is 4.42 Å². The lowest BCUT2D eigenvalue weighted by Crippen LogP contribution is -2.36. The monoisotopic (exact) mass is 304 g/mol. The van der Waals surface area contributed by atoms with Crippen LogP contribution < -0.4 is 5.32 Å². The Morgan fingerprint density at radius 1 is 1.38 bits per heavy atom. The third-order valence-electron chi connectivity index (χ3n) is 4.02. The highest BCUT2D eigenvalue weighted by molar-refractivity contribution is 7.99. The molecule has 1 aromatic carbocycles. The molecule has 3 rings (SSSR count). The van der Waals surface area contributed by atoms with Gasteiger partial charge in [-0.05, 0) is 12.6 Å². The Kier molecular flexibility index (Phi) is 4.88. The van der Waals surface area contributed by atoms with Crippen LogP contribution in [0.3, 0.4) is 0 Å². The minimum Gasteiger partial charge on any atom is -0.459 e. The molecule has 1 aliphatic heterocycles. The predicted molar refractivity (Wildman–Crippen MR) is 90.8 cm³/mol. The zero-order chi connectivity index (χ0) is 14.7. The SMILES string of the molecule is CCNCc1oc2ccccc2c1CN1CCSC(C)C1. The first-order chi connectivity index (χ1) is 10.3. The van der Waals surface area contributed by atoms with Gasteiger partial charge in [0.25, 0.3) is 0 Å². The molecule has 4 heteroatoms. The Labute approximate surface area is 131 Å². The van der Waals surface area contributed by atoms with Crippen LogP contribution in [0.25, 0.3) is 11.0 Å². The van der Waals surface area contributed by atoms with Crippen molar-refractivity contribution in [3.63, 3.8) is 0 Å². The van der Waals surface area contributed by atoms with Crippen molar-refractivity contribution in [3.05, 3.63) is 35.6 Å². The molecule has 1 saturated heterocycles. The summed E-state index contributed by atoms with van der Waals surface area (Å²) in [5.41, 5.74) is 2.38. The summed E-state index contributed by atoms with van der Waals surface area (Å²) in [6, 6.07) is 8.41. The predicted octanol–water partition coefficient (Wildman–Crippen LogP) is 3.48. The summed E-state index contributed by atoms with van der Waals surface area (Å²) >= 11 is 2.08. The molecule has 2 aromatic rings. The highest BCUT2D eigenvalue weighted by Crippen LogP contribution is 2.28. The van der Waals surface area contributed by atoms with Gasteiger partial charge >= 0.3 is 0 Å². The first-order valence-electron chi connectivity index (χ1n) is 7.82. The van der Waals surface area contributed by atoms with Crippen molar-refractivity contribution in [2.24, 2.45) is 0 Å². The maximum absolute atomic E-state index is 6.08. The second-order valence-electron chi connectivity index (χ2n) is 5.70. The number of nitrogens with zero attached hydrogens (tertiary/aromatic N) is 1. The number of benzene rings is 1. The van der Waals surface area contributed by atoms with Crippen LogP contribution in [0, 0.1) is 0 Å². The lowest BCUT2D eigenvalue weighted by molar-refractivity contribution is 0.276. The Balaban J connectivity index is 1.87. The van der Waals surface area contributed by atoms with Crippen LogP contribution in [0.4, 0.5) is 0 Å². The molecule has 0 amide bonds. The number of rotatable bonds is 5. The van der Waals surface area contributed by atoms with Gasteiger partial charge in [-0.25, -0.2) is 0 Å². The summed E-state index contributed by atoms with van der Waals surface area (Å²) in [7, 11) is 0. The quantitative estimate of drug-likeness (QED) is 0.915. The third-order valence-corrected chi connectivity index (χ3v) is 5.16. The maximum Gasteiger partial charge on any atom is 0.134 e. The van der Waals surface area contributed by atoms with E-state index in [4.69, 9.17) is 4.42 Å². The van der Waals surface area contributed by atoms with Crippen molar-refractivity contribution in [1.29, 1.82) is 0 Å². The van der Waals surface area contributed by atoms with Gasteiger partial charge in [0.05, 0.1) is 6.54 Å². The maximum atomic E-state index is 6.08. The number of fused-ring (bicyclic) bond motifs is 1. The van der Waals surface area contributed by atoms with Crippen molar-refractivity contribution in [3.8, 4) is 0 Å². The molecule has 1 aliphatic rings. The molecule has 0 spiro atoms. The highest BCUT2D eigenvalue weighted by atomic mass is 32.2. The number of hydrogen-bond acceptors (Lipinski definition) is 4. The molecule has 0 bridgehead atoms. The molecule has 0 aliphatic carbocycles. The molecule has 0 radical (unpaired) electrons. The van der Waals surface area contributed by atoms with Crippen LogP contribution in [0.1, 0.15) is 25.2 Å². The largest absolute Gasteiger partial charge is 0.459 e. The van der Waals surface area contributed by atoms with E-state index >= 15 is 0 Å². The second-order valence-corrected chi connectivity index (χ2v) is 7.24. The average molecular weight is 304 g/mol. The van der Waals surface area contributed by atoms with Gasteiger partial charge in [0.1, 0.15) is 11.3 Å². The molecule has 2 heterocycles. The number of thioether (sulfide) groups is 1. The van der Waals surface area contributed by atoms with Gasteiger partial charge in [-0.1, -0.05) is 32.0 Å². The Morgan fingerprint density at radius 3 is 3.05 bits per heavy atom. The van der Waals surface area contributed by atoms with Gasteiger partial charge in [-0.2, -0.15) is 11.8 Å². The Hall–Kier alpha value is -0.970. The standard InChI is InChI=1S/C17H24N2OS/c1-3-18-10-17-15(12-19-8-9-21-13(2)11-19)14-6-4-5-7-16(14)20-17/h4-7,13,18H,3,8-12H2,1-2H3. The van der Waals surface area contributed by atoms with Gasteiger partial charge in [0.2, 0.25) is 0 Å². The molecular formula is C17H24N2OS. The van der Waals surface area contributed by atoms with Crippen LogP contribution in [0.2, 0.25) is 0 Å². The fourth-order valence-corrected chi connectivity index (χ4v) is 4.04. The summed E-state index contributed by atoms with van der Waals surface area (Å²) < 4.78 is 6.08. The smallest absolute Gasteiger partial charge is 0.134 e. The molecule has 1 N–H and O–H groups in total. The molecule has 1 unspecified atom stereocenters. The van der Waals surface area contributed by atoms with E-state index in [1.807, 2.05) is 6.07 Å². The summed E-state index contributed by atoms with van der Waals surface area (Å²) in [5.74, 6) is 2.34. The Morgan fingerprint density at radius 2 is 2.24 bits per heavy atom. The van der Waals surface area contributed by atoms with E-state index in [0.29, 0.717) is 0 Å². The fourth-order valence-electron chi connectivity index (χ4n) is 2.96. The van der Waals surface area contributed by atoms with Crippen LogP contribution in [-0.4, -0.2) is 35.5 Å². The average Bonchev–Trinajstić information content (AvgIpc) is 2.83. The molecular weight excluding hydrogens is 280 g/mol. The van der Waals surface area contributed by atoms with Crippen LogP contribution in [0.5, 0.6) is 0 Å². The molecule has 1 aromatic heterocycles. The van der Waals surface area contributed by atoms with E-state index in [2.05, 4.69) is 54.0 Å². The van der Waals surface area contributed by atoms with Gasteiger partial charge in [-0.15, -0.1) is 0 Å². The van der Waals surface area contributed by atoms with E-state index in [1.165, 1.54) is 29.8 Å². The summed E-state index contributed by atoms with van der Waals surface area (Å²) in [4.78, 5) is 2.56. The molecule has 0 saturated carbocycles. The van der Waals surface area contributed by atoms with E-state index in [0.717, 1.165) is 36.2 Å². The van der Waals surface area contributed by atoms with Gasteiger partial charge in [0.15, 0.2) is 0 Å². The lowest BCUT2D eigenvalue weighted by Gasteiger charge is -2.30. The first-order valence-corrected chi connectivity index (χ1v) is 8.86. The van der Waals surface area contributed by atoms with Crippen molar-refractivity contribution in [2.75, 3.05) is 25.4 Å². The minimum absolute atomic E-state index is 0.731. The van der Waals surface area contributed by atoms with Crippen molar-refractivity contribution in [2.45, 2.75) is 32.2 Å². The lowest BCUT2D eigenvalue weighted by atomic mass is 10.1. The topological polar surface area (TPSA) is 28.4 Å². The van der Waals surface area contributed by atoms with Crippen LogP contribution in [0.15, 0.2) is 28.7 Å². The summed E-state index contributed by atoms with van der Waals surface area (Å²) in [5, 5.41) is 5.40. The van der Waals surface area contributed by atoms with E-state index in [-0.39, 0.29) is 0 Å². The third kappa shape index (κ3) is 3.44. The normalized spacial score (nSPS) is 20.2. The molecule has 1 fully saturated rings. The Bertz CT molecular complexity index is 595. The van der Waals surface area contributed by atoms with Crippen molar-refractivity contribution >= 4 is 22.7 Å². The molecule has 21 heavy (non-hydrogen) atoms. The van der Waals surface area contributed by atoms with Crippen LogP contribution in [-0.2, 0) is 13.1 Å². The van der Waals surface area contributed by atoms with Gasteiger partial charge in [0, 0.05) is 41.6 Å². The van der Waals surface area contributed by atoms with Crippen LogP contribution >= 0.6 is 11.8 Å². The number of furan rings is 1. The number of nitrogens with one attached hydrogen (secondary N) is 1. The van der Waals surface area contributed by atoms with E-state index < -0.39 is 0 Å². The van der Waals surface area contributed by atoms with Gasteiger partial charge < -0.3 is 9.73 Å². The second kappa shape index (κ2) is 6.86. The van der Waals surface area contributed by atoms with Gasteiger partial charge in [-0.3, -0.25) is 4.90 Å². The molecule has 3 nitrogen and oxygen atoms in total. The van der Waals surface area contributed by atoms with Crippen molar-refractivity contribution in [1.82, 2.24) is 10.2 Å². The minimum atomic E-state index is 0.731. The number of para-hydroxylation sites is 1. The zero-order valence-corrected chi connectivity index (χ0v) is 13.7. The molecule has 1 atom stereocenters. The summed E-state index contributed by atoms with van der Waals surface area (Å²) in [6.07, 6.45) is 0. The summed E-state index contributed by atoms with van der Waals surface area (Å²) in [6.45, 7) is 9.59. The first kappa shape index (κ1) is 14.9. The fraction of sp³-hybridized carbons (Fsp3) is 0.529. The number of hydrogen-bond donors (Lipinski definition) is 1. The molecule has 114 valence electrons. The zero-order valence-electron chi connectivity index (χ0n) is 12.9. The highest BCUT2D eigenvalue weighted by Gasteiger charge is 2.21.